The summed E-state index contributed by atoms with van der Waals surface area (Å²) >= 11 is 0. The zero-order valence-corrected chi connectivity index (χ0v) is 13.5. The third-order valence-electron chi connectivity index (χ3n) is 4.31. The first-order valence-electron chi connectivity index (χ1n) is 8.12. The number of aromatic amines is 1. The molecule has 134 valence electrons. The van der Waals surface area contributed by atoms with Crippen molar-refractivity contribution >= 4 is 5.82 Å². The molecule has 2 aromatic rings. The van der Waals surface area contributed by atoms with Crippen molar-refractivity contribution in [2.45, 2.75) is 31.6 Å². The van der Waals surface area contributed by atoms with Crippen molar-refractivity contribution < 1.29 is 13.2 Å². The largest absolute Gasteiger partial charge is 0.416 e. The summed E-state index contributed by atoms with van der Waals surface area (Å²) in [6, 6.07) is 5.57. The van der Waals surface area contributed by atoms with Gasteiger partial charge >= 0.3 is 6.18 Å². The van der Waals surface area contributed by atoms with E-state index in [-0.39, 0.29) is 23.7 Å². The summed E-state index contributed by atoms with van der Waals surface area (Å²) in [5.74, 6) is 0.352. The molecule has 0 spiro atoms. The second-order valence-electron chi connectivity index (χ2n) is 6.06. The summed E-state index contributed by atoms with van der Waals surface area (Å²) in [6.45, 7) is 1.37. The monoisotopic (exact) mass is 352 g/mol. The van der Waals surface area contributed by atoms with Crippen molar-refractivity contribution in [3.8, 4) is 0 Å². The highest BCUT2D eigenvalue weighted by Gasteiger charge is 2.33. The molecule has 3 rings (SSSR count). The van der Waals surface area contributed by atoms with E-state index in [0.29, 0.717) is 18.9 Å². The van der Waals surface area contributed by atoms with E-state index in [1.165, 1.54) is 24.5 Å². The predicted molar refractivity (Wildman–Crippen MR) is 88.4 cm³/mol. The molecule has 1 aliphatic heterocycles. The van der Waals surface area contributed by atoms with E-state index < -0.39 is 11.7 Å². The number of halogens is 3. The fourth-order valence-electron chi connectivity index (χ4n) is 3.11. The lowest BCUT2D eigenvalue weighted by molar-refractivity contribution is -0.138. The SMILES string of the molecule is O=c1[nH]ccnc1N1CCC[C@@H](NCc2ccccc2C(F)(F)F)C1. The first kappa shape index (κ1) is 17.5. The third kappa shape index (κ3) is 4.19. The molecular formula is C17H19F3N4O. The molecule has 1 aliphatic rings. The van der Waals surface area contributed by atoms with Gasteiger partial charge < -0.3 is 15.2 Å². The number of hydrogen-bond donors (Lipinski definition) is 2. The van der Waals surface area contributed by atoms with Crippen LogP contribution >= 0.6 is 0 Å². The van der Waals surface area contributed by atoms with Crippen LogP contribution in [-0.4, -0.2) is 29.1 Å². The molecule has 0 bridgehead atoms. The Morgan fingerprint density at radius 2 is 2.12 bits per heavy atom. The number of aromatic nitrogens is 2. The zero-order chi connectivity index (χ0) is 17.9. The number of rotatable bonds is 4. The summed E-state index contributed by atoms with van der Waals surface area (Å²) in [6.07, 6.45) is 0.315. The Hall–Kier alpha value is -2.35. The van der Waals surface area contributed by atoms with Gasteiger partial charge in [-0.05, 0) is 24.5 Å². The maximum atomic E-state index is 13.1. The van der Waals surface area contributed by atoms with Gasteiger partial charge in [-0.2, -0.15) is 13.2 Å². The van der Waals surface area contributed by atoms with Crippen LogP contribution in [0, 0.1) is 0 Å². The normalized spacial score (nSPS) is 18.4. The van der Waals surface area contributed by atoms with Gasteiger partial charge in [0.15, 0.2) is 5.82 Å². The lowest BCUT2D eigenvalue weighted by Gasteiger charge is -2.33. The van der Waals surface area contributed by atoms with E-state index in [4.69, 9.17) is 0 Å². The lowest BCUT2D eigenvalue weighted by Crippen LogP contribution is -2.47. The second-order valence-corrected chi connectivity index (χ2v) is 6.06. The summed E-state index contributed by atoms with van der Waals surface area (Å²) < 4.78 is 39.2. The van der Waals surface area contributed by atoms with Crippen LogP contribution in [-0.2, 0) is 12.7 Å². The van der Waals surface area contributed by atoms with E-state index in [9.17, 15) is 18.0 Å². The molecule has 5 nitrogen and oxygen atoms in total. The molecule has 2 heterocycles. The fourth-order valence-corrected chi connectivity index (χ4v) is 3.11. The van der Waals surface area contributed by atoms with Crippen molar-refractivity contribution in [3.63, 3.8) is 0 Å². The quantitative estimate of drug-likeness (QED) is 0.888. The van der Waals surface area contributed by atoms with Gasteiger partial charge in [0.2, 0.25) is 0 Å². The second kappa shape index (κ2) is 7.26. The van der Waals surface area contributed by atoms with Gasteiger partial charge in [0, 0.05) is 38.1 Å². The van der Waals surface area contributed by atoms with Crippen LogP contribution in [0.4, 0.5) is 19.0 Å². The summed E-state index contributed by atoms with van der Waals surface area (Å²) in [5.41, 5.74) is -0.648. The summed E-state index contributed by atoms with van der Waals surface area (Å²) in [5, 5.41) is 3.19. The van der Waals surface area contributed by atoms with Crippen LogP contribution in [0.5, 0.6) is 0 Å². The molecule has 0 radical (unpaired) electrons. The van der Waals surface area contributed by atoms with E-state index >= 15 is 0 Å². The van der Waals surface area contributed by atoms with Crippen molar-refractivity contribution in [2.75, 3.05) is 18.0 Å². The van der Waals surface area contributed by atoms with E-state index in [1.807, 2.05) is 4.90 Å². The third-order valence-corrected chi connectivity index (χ3v) is 4.31. The molecule has 0 amide bonds. The molecule has 1 aromatic carbocycles. The maximum Gasteiger partial charge on any atom is 0.416 e. The number of nitrogens with one attached hydrogen (secondary N) is 2. The lowest BCUT2D eigenvalue weighted by atomic mass is 10.0. The Labute approximate surface area is 142 Å². The van der Waals surface area contributed by atoms with Gasteiger partial charge in [0.25, 0.3) is 5.56 Å². The van der Waals surface area contributed by atoms with Crippen LogP contribution in [0.2, 0.25) is 0 Å². The zero-order valence-electron chi connectivity index (χ0n) is 13.5. The van der Waals surface area contributed by atoms with Crippen LogP contribution in [0.15, 0.2) is 41.5 Å². The van der Waals surface area contributed by atoms with Gasteiger partial charge in [-0.3, -0.25) is 4.79 Å². The minimum atomic E-state index is -4.36. The number of anilines is 1. The number of nitrogens with zero attached hydrogens (tertiary/aromatic N) is 2. The maximum absolute atomic E-state index is 13.1. The van der Waals surface area contributed by atoms with Gasteiger partial charge in [-0.25, -0.2) is 4.98 Å². The van der Waals surface area contributed by atoms with Crippen LogP contribution in [0.3, 0.4) is 0 Å². The standard InChI is InChI=1S/C17H19F3N4O/c18-17(19,20)14-6-2-1-4-12(14)10-23-13-5-3-9-24(11-13)15-16(25)22-8-7-21-15/h1-2,4,6-8,13,23H,3,5,9-11H2,(H,22,25)/t13-/m1/s1. The molecule has 0 saturated carbocycles. The van der Waals surface area contributed by atoms with Gasteiger partial charge in [-0.15, -0.1) is 0 Å². The van der Waals surface area contributed by atoms with E-state index in [0.717, 1.165) is 18.9 Å². The molecular weight excluding hydrogens is 333 g/mol. The fraction of sp³-hybridized carbons (Fsp3) is 0.412. The van der Waals surface area contributed by atoms with Crippen molar-refractivity contribution in [3.05, 3.63) is 58.1 Å². The number of benzene rings is 1. The number of H-pyrrole nitrogens is 1. The Bertz CT molecular complexity index is 775. The Kier molecular flexibility index (Phi) is 5.08. The smallest absolute Gasteiger partial charge is 0.350 e. The van der Waals surface area contributed by atoms with Crippen LogP contribution in [0.25, 0.3) is 0 Å². The molecule has 1 fully saturated rings. The van der Waals surface area contributed by atoms with Crippen LogP contribution in [0.1, 0.15) is 24.0 Å². The summed E-state index contributed by atoms with van der Waals surface area (Å²) in [4.78, 5) is 20.4. The van der Waals surface area contributed by atoms with E-state index in [1.54, 1.807) is 6.07 Å². The average molecular weight is 352 g/mol. The number of hydrogen-bond acceptors (Lipinski definition) is 4. The molecule has 2 N–H and O–H groups in total. The van der Waals surface area contributed by atoms with Gasteiger partial charge in [0.1, 0.15) is 0 Å². The minimum Gasteiger partial charge on any atom is -0.350 e. The first-order chi connectivity index (χ1) is 11.9. The Morgan fingerprint density at radius 1 is 1.32 bits per heavy atom. The average Bonchev–Trinajstić information content (AvgIpc) is 2.60. The first-order valence-corrected chi connectivity index (χ1v) is 8.12. The Morgan fingerprint density at radius 3 is 2.88 bits per heavy atom. The van der Waals surface area contributed by atoms with Crippen molar-refractivity contribution in [1.82, 2.24) is 15.3 Å². The predicted octanol–water partition coefficient (Wildman–Crippen LogP) is 2.55. The molecule has 1 atom stereocenters. The molecule has 25 heavy (non-hydrogen) atoms. The topological polar surface area (TPSA) is 61.0 Å². The minimum absolute atomic E-state index is 0.00329. The van der Waals surface area contributed by atoms with Crippen LogP contribution < -0.4 is 15.8 Å². The van der Waals surface area contributed by atoms with Gasteiger partial charge in [-0.1, -0.05) is 18.2 Å². The molecule has 1 saturated heterocycles. The highest BCUT2D eigenvalue weighted by molar-refractivity contribution is 5.36. The highest BCUT2D eigenvalue weighted by atomic mass is 19.4. The molecule has 8 heteroatoms. The number of alkyl halides is 3. The number of piperidine rings is 1. The van der Waals surface area contributed by atoms with Crippen molar-refractivity contribution in [2.24, 2.45) is 0 Å². The molecule has 1 aromatic heterocycles. The highest BCUT2D eigenvalue weighted by Crippen LogP contribution is 2.31. The Balaban J connectivity index is 1.67. The molecule has 0 aliphatic carbocycles. The molecule has 0 unspecified atom stereocenters. The van der Waals surface area contributed by atoms with Crippen molar-refractivity contribution in [1.29, 1.82) is 0 Å². The summed E-state index contributed by atoms with van der Waals surface area (Å²) in [7, 11) is 0. The van der Waals surface area contributed by atoms with E-state index in [2.05, 4.69) is 15.3 Å². The van der Waals surface area contributed by atoms with Gasteiger partial charge in [0.05, 0.1) is 5.56 Å².